The van der Waals surface area contributed by atoms with Crippen LogP contribution in [0.15, 0.2) is 34.9 Å². The average molecular weight is 275 g/mol. The number of hydrogen-bond acceptors (Lipinski definition) is 5. The van der Waals surface area contributed by atoms with Crippen LogP contribution in [0, 0.1) is 0 Å². The molecular weight excluding hydrogens is 254 g/mol. The van der Waals surface area contributed by atoms with Gasteiger partial charge >= 0.3 is 0 Å². The van der Waals surface area contributed by atoms with E-state index in [-0.39, 0.29) is 6.61 Å². The monoisotopic (exact) mass is 275 g/mol. The highest BCUT2D eigenvalue weighted by Crippen LogP contribution is 2.06. The lowest BCUT2D eigenvalue weighted by atomic mass is 10.1. The molecule has 0 amide bonds. The van der Waals surface area contributed by atoms with Crippen LogP contribution < -0.4 is 0 Å². The van der Waals surface area contributed by atoms with Crippen molar-refractivity contribution in [2.75, 3.05) is 19.7 Å². The van der Waals surface area contributed by atoms with E-state index in [1.807, 2.05) is 25.1 Å². The molecule has 0 bridgehead atoms. The molecule has 0 atom stereocenters. The zero-order valence-electron chi connectivity index (χ0n) is 11.8. The summed E-state index contributed by atoms with van der Waals surface area (Å²) in [5, 5.41) is 13.0. The Morgan fingerprint density at radius 2 is 2.00 bits per heavy atom. The van der Waals surface area contributed by atoms with E-state index in [1.165, 1.54) is 5.56 Å². The Morgan fingerprint density at radius 1 is 1.20 bits per heavy atom. The van der Waals surface area contributed by atoms with Crippen molar-refractivity contribution < 1.29 is 9.63 Å². The average Bonchev–Trinajstić information content (AvgIpc) is 2.93. The molecule has 5 heteroatoms. The molecule has 0 fully saturated rings. The molecular formula is C15H21N3O2. The Morgan fingerprint density at radius 3 is 2.70 bits per heavy atom. The van der Waals surface area contributed by atoms with Crippen LogP contribution in [0.4, 0.5) is 0 Å². The van der Waals surface area contributed by atoms with Crippen LogP contribution in [0.5, 0.6) is 0 Å². The van der Waals surface area contributed by atoms with E-state index in [0.29, 0.717) is 19.0 Å². The van der Waals surface area contributed by atoms with Gasteiger partial charge in [-0.15, -0.1) is 0 Å². The van der Waals surface area contributed by atoms with Gasteiger partial charge in [0, 0.05) is 13.0 Å². The van der Waals surface area contributed by atoms with Gasteiger partial charge in [-0.25, -0.2) is 0 Å². The molecule has 2 rings (SSSR count). The summed E-state index contributed by atoms with van der Waals surface area (Å²) in [6, 6.07) is 10.3. The summed E-state index contributed by atoms with van der Waals surface area (Å²) in [5.41, 5.74) is 1.27. The molecule has 5 nitrogen and oxygen atoms in total. The number of nitrogens with zero attached hydrogens (tertiary/aromatic N) is 3. The van der Waals surface area contributed by atoms with Crippen molar-refractivity contribution >= 4 is 0 Å². The maximum atomic E-state index is 8.95. The van der Waals surface area contributed by atoms with Gasteiger partial charge in [0.05, 0.1) is 13.2 Å². The molecule has 0 saturated carbocycles. The number of benzene rings is 1. The maximum absolute atomic E-state index is 8.95. The second kappa shape index (κ2) is 7.77. The standard InChI is InChI=1S/C15H21N3O2/c1-2-18(10-11-19)12-15-16-14(17-20-15)9-8-13-6-4-3-5-7-13/h3-7,19H,2,8-12H2,1H3. The van der Waals surface area contributed by atoms with Crippen molar-refractivity contribution in [2.45, 2.75) is 26.3 Å². The van der Waals surface area contributed by atoms with Gasteiger partial charge in [0.15, 0.2) is 5.82 Å². The molecule has 0 saturated heterocycles. The van der Waals surface area contributed by atoms with Crippen molar-refractivity contribution in [2.24, 2.45) is 0 Å². The molecule has 1 aromatic heterocycles. The topological polar surface area (TPSA) is 62.4 Å². The van der Waals surface area contributed by atoms with Crippen LogP contribution in [0.2, 0.25) is 0 Å². The normalized spacial score (nSPS) is 11.2. The van der Waals surface area contributed by atoms with E-state index in [4.69, 9.17) is 9.63 Å². The lowest BCUT2D eigenvalue weighted by Crippen LogP contribution is -2.26. The third kappa shape index (κ3) is 4.43. The minimum Gasteiger partial charge on any atom is -0.395 e. The summed E-state index contributed by atoms with van der Waals surface area (Å²) in [6.45, 7) is 4.25. The van der Waals surface area contributed by atoms with Crippen LogP contribution in [-0.2, 0) is 19.4 Å². The Balaban J connectivity index is 1.85. The molecule has 0 spiro atoms. The summed E-state index contributed by atoms with van der Waals surface area (Å²) < 4.78 is 5.25. The number of likely N-dealkylation sites (N-methyl/N-ethyl adjacent to an activating group) is 1. The number of aliphatic hydroxyl groups excluding tert-OH is 1. The fourth-order valence-corrected chi connectivity index (χ4v) is 2.04. The number of aromatic nitrogens is 2. The first-order valence-electron chi connectivity index (χ1n) is 7.00. The largest absolute Gasteiger partial charge is 0.395 e. The lowest BCUT2D eigenvalue weighted by molar-refractivity contribution is 0.180. The third-order valence-corrected chi connectivity index (χ3v) is 3.21. The molecule has 0 aliphatic heterocycles. The van der Waals surface area contributed by atoms with Crippen LogP contribution in [0.1, 0.15) is 24.2 Å². The van der Waals surface area contributed by atoms with Crippen LogP contribution in [0.3, 0.4) is 0 Å². The molecule has 1 N–H and O–H groups in total. The van der Waals surface area contributed by atoms with Crippen LogP contribution in [-0.4, -0.2) is 39.8 Å². The first-order valence-corrected chi connectivity index (χ1v) is 7.00. The molecule has 0 radical (unpaired) electrons. The van der Waals surface area contributed by atoms with Gasteiger partial charge in [-0.3, -0.25) is 4.90 Å². The molecule has 1 aromatic carbocycles. The Hall–Kier alpha value is -1.72. The van der Waals surface area contributed by atoms with Gasteiger partial charge in [-0.1, -0.05) is 42.4 Å². The van der Waals surface area contributed by atoms with E-state index < -0.39 is 0 Å². The Kier molecular flexibility index (Phi) is 5.70. The zero-order valence-corrected chi connectivity index (χ0v) is 11.8. The Bertz CT molecular complexity index is 499. The number of hydrogen-bond donors (Lipinski definition) is 1. The summed E-state index contributed by atoms with van der Waals surface area (Å²) in [7, 11) is 0. The van der Waals surface area contributed by atoms with Gasteiger partial charge < -0.3 is 9.63 Å². The molecule has 0 aliphatic carbocycles. The van der Waals surface area contributed by atoms with Crippen LogP contribution in [0.25, 0.3) is 0 Å². The maximum Gasteiger partial charge on any atom is 0.240 e. The number of aliphatic hydroxyl groups is 1. The lowest BCUT2D eigenvalue weighted by Gasteiger charge is -2.15. The SMILES string of the molecule is CCN(CCO)Cc1nc(CCc2ccccc2)no1. The third-order valence-electron chi connectivity index (χ3n) is 3.21. The molecule has 0 unspecified atom stereocenters. The first-order chi connectivity index (χ1) is 9.81. The molecule has 1 heterocycles. The number of aryl methyl sites for hydroxylation is 2. The fraction of sp³-hybridized carbons (Fsp3) is 0.467. The van der Waals surface area contributed by atoms with Gasteiger partial charge in [0.1, 0.15) is 0 Å². The smallest absolute Gasteiger partial charge is 0.240 e. The summed E-state index contributed by atoms with van der Waals surface area (Å²) >= 11 is 0. The highest BCUT2D eigenvalue weighted by Gasteiger charge is 2.10. The first kappa shape index (κ1) is 14.7. The van der Waals surface area contributed by atoms with E-state index in [0.717, 1.165) is 25.2 Å². The predicted octanol–water partition coefficient (Wildman–Crippen LogP) is 1.67. The van der Waals surface area contributed by atoms with Gasteiger partial charge in [0.2, 0.25) is 5.89 Å². The second-order valence-electron chi connectivity index (χ2n) is 4.68. The van der Waals surface area contributed by atoms with Gasteiger partial charge in [-0.05, 0) is 18.5 Å². The molecule has 108 valence electrons. The fourth-order valence-electron chi connectivity index (χ4n) is 2.04. The van der Waals surface area contributed by atoms with E-state index >= 15 is 0 Å². The van der Waals surface area contributed by atoms with Crippen molar-refractivity contribution in [3.8, 4) is 0 Å². The highest BCUT2D eigenvalue weighted by atomic mass is 16.5. The Labute approximate surface area is 119 Å². The van der Waals surface area contributed by atoms with Crippen LogP contribution >= 0.6 is 0 Å². The van der Waals surface area contributed by atoms with Gasteiger partial charge in [-0.2, -0.15) is 4.98 Å². The van der Waals surface area contributed by atoms with E-state index in [9.17, 15) is 0 Å². The summed E-state index contributed by atoms with van der Waals surface area (Å²) in [5.74, 6) is 1.35. The summed E-state index contributed by atoms with van der Waals surface area (Å²) in [6.07, 6.45) is 1.69. The van der Waals surface area contributed by atoms with Crippen molar-refractivity contribution in [1.82, 2.24) is 15.0 Å². The quantitative estimate of drug-likeness (QED) is 0.794. The van der Waals surface area contributed by atoms with E-state index in [1.54, 1.807) is 0 Å². The predicted molar refractivity (Wildman–Crippen MR) is 76.2 cm³/mol. The zero-order chi connectivity index (χ0) is 14.2. The van der Waals surface area contributed by atoms with Crippen molar-refractivity contribution in [3.05, 3.63) is 47.6 Å². The van der Waals surface area contributed by atoms with Gasteiger partial charge in [0.25, 0.3) is 0 Å². The number of rotatable bonds is 8. The molecule has 2 aromatic rings. The van der Waals surface area contributed by atoms with Crippen molar-refractivity contribution in [3.63, 3.8) is 0 Å². The minimum absolute atomic E-state index is 0.142. The molecule has 20 heavy (non-hydrogen) atoms. The minimum atomic E-state index is 0.142. The highest BCUT2D eigenvalue weighted by molar-refractivity contribution is 5.15. The summed E-state index contributed by atoms with van der Waals surface area (Å²) in [4.78, 5) is 6.46. The molecule has 0 aliphatic rings. The van der Waals surface area contributed by atoms with Crippen molar-refractivity contribution in [1.29, 1.82) is 0 Å². The second-order valence-corrected chi connectivity index (χ2v) is 4.68. The van der Waals surface area contributed by atoms with E-state index in [2.05, 4.69) is 27.2 Å².